The van der Waals surface area contributed by atoms with E-state index < -0.39 is 124 Å². The minimum absolute atomic E-state index is 0.251. The molecule has 0 bridgehead atoms. The zero-order valence-corrected chi connectivity index (χ0v) is 58.1. The molecule has 0 spiro atoms. The summed E-state index contributed by atoms with van der Waals surface area (Å²) in [5.74, 6) is -0.254. The second-order valence-electron chi connectivity index (χ2n) is 26.0. The van der Waals surface area contributed by atoms with Crippen molar-refractivity contribution in [3.05, 3.63) is 97.2 Å². The summed E-state index contributed by atoms with van der Waals surface area (Å²) in [6, 6.07) is -0.899. The van der Waals surface area contributed by atoms with Crippen LogP contribution < -0.4 is 5.32 Å². The lowest BCUT2D eigenvalue weighted by Crippen LogP contribution is -2.66. The summed E-state index contributed by atoms with van der Waals surface area (Å²) in [5.41, 5.74) is 0. The molecule has 3 fully saturated rings. The number of carbonyl (C=O) groups excluding carboxylic acids is 1. The van der Waals surface area contributed by atoms with Crippen molar-refractivity contribution in [3.8, 4) is 0 Å². The number of nitrogens with one attached hydrogen (secondary N) is 1. The summed E-state index contributed by atoms with van der Waals surface area (Å²) in [5, 5.41) is 121. The summed E-state index contributed by atoms with van der Waals surface area (Å²) >= 11 is 0. The van der Waals surface area contributed by atoms with Gasteiger partial charge in [-0.15, -0.1) is 0 Å². The van der Waals surface area contributed by atoms with Crippen LogP contribution in [0.4, 0.5) is 0 Å². The van der Waals surface area contributed by atoms with E-state index in [1.54, 1.807) is 0 Å². The molecular formula is C76H131NO18. The van der Waals surface area contributed by atoms with Gasteiger partial charge in [0.25, 0.3) is 0 Å². The van der Waals surface area contributed by atoms with Crippen molar-refractivity contribution in [2.45, 2.75) is 349 Å². The first-order valence-corrected chi connectivity index (χ1v) is 37.0. The van der Waals surface area contributed by atoms with E-state index in [2.05, 4.69) is 116 Å². The summed E-state index contributed by atoms with van der Waals surface area (Å²) < 4.78 is 34.4. The molecule has 0 aromatic rings. The highest BCUT2D eigenvalue weighted by Gasteiger charge is 2.53. The third-order valence-corrected chi connectivity index (χ3v) is 17.9. The minimum atomic E-state index is -1.98. The number of unbranched alkanes of at least 4 members (excludes halogenated alkanes) is 24. The lowest BCUT2D eigenvalue weighted by atomic mass is 9.96. The van der Waals surface area contributed by atoms with Crippen LogP contribution >= 0.6 is 0 Å². The van der Waals surface area contributed by atoms with E-state index >= 15 is 0 Å². The fourth-order valence-electron chi connectivity index (χ4n) is 12.0. The Morgan fingerprint density at radius 1 is 0.389 bits per heavy atom. The van der Waals surface area contributed by atoms with Crippen LogP contribution in [0, 0.1) is 0 Å². The standard InChI is InChI=1S/C76H131NO18/c1-3-5-7-9-11-13-15-17-19-21-22-23-24-25-26-27-28-29-30-31-32-33-34-35-36-38-40-42-44-46-48-50-52-54-64(82)77-59(60(81)53-51-49-47-45-43-41-39-37-20-18-16-14-12-10-8-6-4-2)58-90-74-70(88)67(85)72(62(56-79)92-74)95-76-71(89)68(86)73(63(57-80)93-76)94-75-69(87)66(84)65(83)61(55-78)91-75/h5,7,11,13,17,19,22-23,25-26,28-29,31-32,34-35,59-63,65-76,78-81,83-89H,3-4,6,8-10,12,14-16,18,20-21,24,27,30,33,36-58H2,1-2H3,(H,77,82)/b7-5-,13-11-,19-17-,23-22-,26-25-,29-28-,32-31-,35-34-. The van der Waals surface area contributed by atoms with Crippen LogP contribution in [0.25, 0.3) is 0 Å². The van der Waals surface area contributed by atoms with Crippen LogP contribution in [0.1, 0.15) is 245 Å². The molecule has 0 saturated carbocycles. The third-order valence-electron chi connectivity index (χ3n) is 17.9. The number of hydrogen-bond donors (Lipinski definition) is 12. The van der Waals surface area contributed by atoms with Gasteiger partial charge in [-0.3, -0.25) is 4.79 Å². The largest absolute Gasteiger partial charge is 0.394 e. The van der Waals surface area contributed by atoms with Gasteiger partial charge in [0.15, 0.2) is 18.9 Å². The molecule has 3 aliphatic rings. The van der Waals surface area contributed by atoms with Crippen molar-refractivity contribution in [1.82, 2.24) is 5.32 Å². The lowest BCUT2D eigenvalue weighted by molar-refractivity contribution is -0.379. The van der Waals surface area contributed by atoms with Gasteiger partial charge in [-0.25, -0.2) is 0 Å². The Bertz CT molecular complexity index is 2100. The predicted octanol–water partition coefficient (Wildman–Crippen LogP) is 10.8. The summed E-state index contributed by atoms with van der Waals surface area (Å²) in [6.45, 7) is 1.68. The highest BCUT2D eigenvalue weighted by atomic mass is 16.8. The first kappa shape index (κ1) is 85.9. The van der Waals surface area contributed by atoms with E-state index in [-0.39, 0.29) is 18.9 Å². The molecule has 19 nitrogen and oxygen atoms in total. The smallest absolute Gasteiger partial charge is 0.220 e. The monoisotopic (exact) mass is 1350 g/mol. The number of aliphatic hydroxyl groups excluding tert-OH is 11. The second-order valence-corrected chi connectivity index (χ2v) is 26.0. The zero-order valence-electron chi connectivity index (χ0n) is 58.1. The van der Waals surface area contributed by atoms with Gasteiger partial charge in [0.05, 0.1) is 38.6 Å². The van der Waals surface area contributed by atoms with E-state index in [9.17, 15) is 61.0 Å². The maximum absolute atomic E-state index is 13.5. The number of allylic oxidation sites excluding steroid dienone is 16. The zero-order chi connectivity index (χ0) is 68.9. The molecular weight excluding hydrogens is 1210 g/mol. The molecule has 19 heteroatoms. The SMILES string of the molecule is CC/C=C\C/C=C\C/C=C\C/C=C\C/C=C\C/C=C\C/C=C\C/C=C\CCCCCCCCCCC(=O)NC(COC1OC(CO)C(OC2OC(CO)C(OC3OC(CO)C(O)C(O)C3O)C(O)C2O)C(O)C1O)C(O)CCCCCCCCCCCCCCCCCCC. The molecule has 3 heterocycles. The molecule has 12 N–H and O–H groups in total. The molecule has 3 rings (SSSR count). The molecule has 17 unspecified atom stereocenters. The van der Waals surface area contributed by atoms with Crippen LogP contribution in [0.2, 0.25) is 0 Å². The van der Waals surface area contributed by atoms with Gasteiger partial charge in [0, 0.05) is 6.42 Å². The Labute approximate surface area is 571 Å². The van der Waals surface area contributed by atoms with E-state index in [0.29, 0.717) is 12.8 Å². The van der Waals surface area contributed by atoms with Crippen molar-refractivity contribution < 1.29 is 89.4 Å². The predicted molar refractivity (Wildman–Crippen MR) is 374 cm³/mol. The average molecular weight is 1350 g/mol. The molecule has 3 aliphatic heterocycles. The van der Waals surface area contributed by atoms with Crippen molar-refractivity contribution in [1.29, 1.82) is 0 Å². The number of ether oxygens (including phenoxy) is 6. The molecule has 0 aromatic carbocycles. The first-order chi connectivity index (χ1) is 46.3. The van der Waals surface area contributed by atoms with Crippen LogP contribution in [0.3, 0.4) is 0 Å². The first-order valence-electron chi connectivity index (χ1n) is 37.0. The van der Waals surface area contributed by atoms with E-state index in [0.717, 1.165) is 116 Å². The van der Waals surface area contributed by atoms with E-state index in [1.807, 2.05) is 0 Å². The number of amides is 1. The van der Waals surface area contributed by atoms with Crippen molar-refractivity contribution in [2.24, 2.45) is 0 Å². The van der Waals surface area contributed by atoms with Gasteiger partial charge in [-0.1, -0.05) is 259 Å². The number of rotatable bonds is 56. The van der Waals surface area contributed by atoms with Gasteiger partial charge in [0.1, 0.15) is 73.2 Å². The van der Waals surface area contributed by atoms with Gasteiger partial charge in [-0.05, 0) is 77.0 Å². The van der Waals surface area contributed by atoms with Crippen molar-refractivity contribution >= 4 is 5.91 Å². The maximum Gasteiger partial charge on any atom is 0.220 e. The Hall–Kier alpha value is -3.29. The Morgan fingerprint density at radius 3 is 1.14 bits per heavy atom. The fraction of sp³-hybridized carbons (Fsp3) is 0.776. The molecule has 548 valence electrons. The van der Waals surface area contributed by atoms with Gasteiger partial charge in [0.2, 0.25) is 5.91 Å². The maximum atomic E-state index is 13.5. The summed E-state index contributed by atoms with van der Waals surface area (Å²) in [7, 11) is 0. The number of hydrogen-bond acceptors (Lipinski definition) is 18. The molecule has 95 heavy (non-hydrogen) atoms. The quantitative estimate of drug-likeness (QED) is 0.0199. The number of aliphatic hydroxyl groups is 11. The number of carbonyl (C=O) groups is 1. The van der Waals surface area contributed by atoms with Gasteiger partial charge in [-0.2, -0.15) is 0 Å². The van der Waals surface area contributed by atoms with Crippen LogP contribution in [0.5, 0.6) is 0 Å². The Kier molecular flexibility index (Phi) is 51.1. The van der Waals surface area contributed by atoms with Gasteiger partial charge >= 0.3 is 0 Å². The fourth-order valence-corrected chi connectivity index (χ4v) is 12.0. The molecule has 1 amide bonds. The van der Waals surface area contributed by atoms with Crippen LogP contribution in [-0.2, 0) is 33.2 Å². The van der Waals surface area contributed by atoms with E-state index in [4.69, 9.17) is 28.4 Å². The minimum Gasteiger partial charge on any atom is -0.394 e. The highest BCUT2D eigenvalue weighted by Crippen LogP contribution is 2.33. The third kappa shape index (κ3) is 37.6. The normalized spacial score (nSPS) is 27.8. The lowest BCUT2D eigenvalue weighted by Gasteiger charge is -2.48. The van der Waals surface area contributed by atoms with Crippen LogP contribution in [0.15, 0.2) is 97.2 Å². The molecule has 0 aromatic heterocycles. The average Bonchev–Trinajstić information content (AvgIpc) is 0.786. The topological polar surface area (TPSA) is 307 Å². The highest BCUT2D eigenvalue weighted by molar-refractivity contribution is 5.76. The summed E-state index contributed by atoms with van der Waals surface area (Å²) in [6.07, 6.45) is 47.6. The molecule has 0 aliphatic carbocycles. The van der Waals surface area contributed by atoms with Gasteiger partial charge < -0.3 is 89.9 Å². The molecule has 3 saturated heterocycles. The summed E-state index contributed by atoms with van der Waals surface area (Å²) in [4.78, 5) is 13.5. The Morgan fingerprint density at radius 2 is 0.726 bits per heavy atom. The van der Waals surface area contributed by atoms with E-state index in [1.165, 1.54) is 96.3 Å². The molecule has 17 atom stereocenters. The molecule has 0 radical (unpaired) electrons. The Balaban J connectivity index is 1.39. The van der Waals surface area contributed by atoms with Crippen LogP contribution in [-0.4, -0.2) is 193 Å². The second kappa shape index (κ2) is 56.5. The van der Waals surface area contributed by atoms with Crippen molar-refractivity contribution in [2.75, 3.05) is 26.4 Å². The van der Waals surface area contributed by atoms with Crippen molar-refractivity contribution in [3.63, 3.8) is 0 Å².